The Hall–Kier alpha value is -1.02. The summed E-state index contributed by atoms with van der Waals surface area (Å²) in [4.78, 5) is 0. The van der Waals surface area contributed by atoms with Crippen LogP contribution in [0.25, 0.3) is 0 Å². The fraction of sp³-hybridized carbons (Fsp3) is 0.667. The van der Waals surface area contributed by atoms with Gasteiger partial charge >= 0.3 is 0 Å². The Morgan fingerprint density at radius 2 is 1.95 bits per heavy atom. The summed E-state index contributed by atoms with van der Waals surface area (Å²) in [5.74, 6) is 1.54. The molecule has 1 unspecified atom stereocenters. The Morgan fingerprint density at radius 1 is 1.25 bits per heavy atom. The van der Waals surface area contributed by atoms with E-state index >= 15 is 0 Å². The summed E-state index contributed by atoms with van der Waals surface area (Å²) in [5, 5.41) is 0. The van der Waals surface area contributed by atoms with Gasteiger partial charge in [-0.15, -0.1) is 0 Å². The molecular formula is C18H31NO. The van der Waals surface area contributed by atoms with Crippen molar-refractivity contribution in [1.29, 1.82) is 0 Å². The van der Waals surface area contributed by atoms with Gasteiger partial charge in [0, 0.05) is 0 Å². The first-order valence-electron chi connectivity index (χ1n) is 7.87. The van der Waals surface area contributed by atoms with Crippen molar-refractivity contribution in [2.45, 2.75) is 65.2 Å². The summed E-state index contributed by atoms with van der Waals surface area (Å²) >= 11 is 0. The Kier molecular flexibility index (Phi) is 6.54. The molecule has 0 saturated heterocycles. The van der Waals surface area contributed by atoms with Crippen LogP contribution in [0.1, 0.15) is 70.9 Å². The smallest absolute Gasteiger partial charge is 0.122 e. The van der Waals surface area contributed by atoms with Gasteiger partial charge in [-0.25, -0.2) is 0 Å². The Morgan fingerprint density at radius 3 is 2.50 bits per heavy atom. The fourth-order valence-corrected chi connectivity index (χ4v) is 2.32. The van der Waals surface area contributed by atoms with Crippen LogP contribution < -0.4 is 10.5 Å². The molecular weight excluding hydrogens is 246 g/mol. The van der Waals surface area contributed by atoms with E-state index in [1.165, 1.54) is 11.1 Å². The Bertz CT molecular complexity index is 406. The van der Waals surface area contributed by atoms with Crippen molar-refractivity contribution >= 4 is 0 Å². The second-order valence-electron chi connectivity index (χ2n) is 6.68. The van der Waals surface area contributed by atoms with Crippen molar-refractivity contribution in [2.24, 2.45) is 5.73 Å². The number of hydrogen-bond acceptors (Lipinski definition) is 2. The molecule has 0 bridgehead atoms. The van der Waals surface area contributed by atoms with Gasteiger partial charge in [0.2, 0.25) is 0 Å². The molecule has 1 rings (SSSR count). The maximum atomic E-state index is 5.92. The molecule has 1 aromatic rings. The van der Waals surface area contributed by atoms with Gasteiger partial charge in [-0.05, 0) is 54.3 Å². The van der Waals surface area contributed by atoms with E-state index in [0.717, 1.165) is 38.2 Å². The molecule has 0 heterocycles. The second kappa shape index (κ2) is 7.68. The maximum Gasteiger partial charge on any atom is 0.122 e. The lowest BCUT2D eigenvalue weighted by molar-refractivity contribution is 0.311. The molecule has 20 heavy (non-hydrogen) atoms. The van der Waals surface area contributed by atoms with E-state index in [-0.39, 0.29) is 5.41 Å². The van der Waals surface area contributed by atoms with Gasteiger partial charge < -0.3 is 10.5 Å². The quantitative estimate of drug-likeness (QED) is 0.789. The minimum Gasteiger partial charge on any atom is -0.493 e. The van der Waals surface area contributed by atoms with Crippen LogP contribution in [-0.2, 0) is 5.41 Å². The molecule has 0 fully saturated rings. The summed E-state index contributed by atoms with van der Waals surface area (Å²) in [6.07, 6.45) is 3.22. The molecule has 0 amide bonds. The number of ether oxygens (including phenoxy) is 1. The molecule has 0 radical (unpaired) electrons. The minimum atomic E-state index is 0.172. The minimum absolute atomic E-state index is 0.172. The molecule has 114 valence electrons. The molecule has 0 spiro atoms. The zero-order valence-corrected chi connectivity index (χ0v) is 13.8. The highest BCUT2D eigenvalue weighted by Crippen LogP contribution is 2.34. The highest BCUT2D eigenvalue weighted by atomic mass is 16.5. The average Bonchev–Trinajstić information content (AvgIpc) is 2.41. The first-order valence-corrected chi connectivity index (χ1v) is 7.87. The van der Waals surface area contributed by atoms with E-state index in [9.17, 15) is 0 Å². The van der Waals surface area contributed by atoms with Crippen LogP contribution in [-0.4, -0.2) is 13.2 Å². The van der Waals surface area contributed by atoms with Crippen molar-refractivity contribution < 1.29 is 4.74 Å². The Balaban J connectivity index is 3.05. The summed E-state index contributed by atoms with van der Waals surface area (Å²) in [6.45, 7) is 12.7. The van der Waals surface area contributed by atoms with Gasteiger partial charge in [-0.1, -0.05) is 46.8 Å². The fourth-order valence-electron chi connectivity index (χ4n) is 2.32. The molecule has 0 aliphatic rings. The molecule has 2 nitrogen and oxygen atoms in total. The number of benzene rings is 1. The summed E-state index contributed by atoms with van der Waals surface area (Å²) in [7, 11) is 0. The number of nitrogens with two attached hydrogens (primary N) is 1. The van der Waals surface area contributed by atoms with Crippen LogP contribution in [0.4, 0.5) is 0 Å². The largest absolute Gasteiger partial charge is 0.493 e. The monoisotopic (exact) mass is 277 g/mol. The van der Waals surface area contributed by atoms with E-state index < -0.39 is 0 Å². The lowest BCUT2D eigenvalue weighted by Crippen LogP contribution is -2.13. The van der Waals surface area contributed by atoms with E-state index in [0.29, 0.717) is 5.92 Å². The molecule has 2 N–H and O–H groups in total. The van der Waals surface area contributed by atoms with Gasteiger partial charge in [0.15, 0.2) is 0 Å². The number of hydrogen-bond donors (Lipinski definition) is 1. The van der Waals surface area contributed by atoms with Crippen LogP contribution in [0, 0.1) is 0 Å². The van der Waals surface area contributed by atoms with E-state index in [1.807, 2.05) is 0 Å². The molecule has 2 heteroatoms. The molecule has 1 aromatic carbocycles. The van der Waals surface area contributed by atoms with Crippen molar-refractivity contribution in [1.82, 2.24) is 0 Å². The van der Waals surface area contributed by atoms with E-state index in [1.54, 1.807) is 0 Å². The third-order valence-electron chi connectivity index (χ3n) is 3.71. The van der Waals surface area contributed by atoms with Crippen LogP contribution >= 0.6 is 0 Å². The van der Waals surface area contributed by atoms with E-state index in [2.05, 4.69) is 52.8 Å². The van der Waals surface area contributed by atoms with Crippen LogP contribution in [0.15, 0.2) is 18.2 Å². The van der Waals surface area contributed by atoms with Crippen molar-refractivity contribution in [3.63, 3.8) is 0 Å². The Labute approximate surface area is 124 Å². The molecule has 0 aromatic heterocycles. The van der Waals surface area contributed by atoms with Gasteiger partial charge in [0.25, 0.3) is 0 Å². The topological polar surface area (TPSA) is 35.2 Å². The standard InChI is InChI=1S/C18H31NO/c1-6-12-20-17-10-9-15(18(3,4)5)13-16(17)14(2)8-7-11-19/h9-10,13-14H,6-8,11-12,19H2,1-5H3. The average molecular weight is 277 g/mol. The van der Waals surface area contributed by atoms with Crippen LogP contribution in [0.3, 0.4) is 0 Å². The maximum absolute atomic E-state index is 5.92. The first kappa shape index (κ1) is 17.0. The number of rotatable bonds is 7. The van der Waals surface area contributed by atoms with Gasteiger partial charge in [0.05, 0.1) is 6.61 Å². The lowest BCUT2D eigenvalue weighted by Gasteiger charge is -2.23. The predicted octanol–water partition coefficient (Wildman–Crippen LogP) is 4.62. The van der Waals surface area contributed by atoms with Crippen LogP contribution in [0.5, 0.6) is 5.75 Å². The zero-order valence-electron chi connectivity index (χ0n) is 13.8. The molecule has 0 aliphatic carbocycles. The van der Waals surface area contributed by atoms with Gasteiger partial charge in [-0.3, -0.25) is 0 Å². The first-order chi connectivity index (χ1) is 9.40. The van der Waals surface area contributed by atoms with Gasteiger partial charge in [0.1, 0.15) is 5.75 Å². The highest BCUT2D eigenvalue weighted by Gasteiger charge is 2.18. The van der Waals surface area contributed by atoms with E-state index in [4.69, 9.17) is 10.5 Å². The van der Waals surface area contributed by atoms with Crippen molar-refractivity contribution in [3.8, 4) is 5.75 Å². The third-order valence-corrected chi connectivity index (χ3v) is 3.71. The molecule has 0 saturated carbocycles. The highest BCUT2D eigenvalue weighted by molar-refractivity contribution is 5.41. The normalized spacial score (nSPS) is 13.3. The third kappa shape index (κ3) is 4.82. The summed E-state index contributed by atoms with van der Waals surface area (Å²) in [5.41, 5.74) is 8.52. The zero-order chi connectivity index (χ0) is 15.2. The summed E-state index contributed by atoms with van der Waals surface area (Å²) in [6, 6.07) is 6.67. The molecule has 0 aliphatic heterocycles. The lowest BCUT2D eigenvalue weighted by atomic mass is 9.83. The van der Waals surface area contributed by atoms with Crippen LogP contribution in [0.2, 0.25) is 0 Å². The summed E-state index contributed by atoms with van der Waals surface area (Å²) < 4.78 is 5.92. The van der Waals surface area contributed by atoms with Crippen molar-refractivity contribution in [2.75, 3.05) is 13.2 Å². The molecule has 1 atom stereocenters. The predicted molar refractivity (Wildman–Crippen MR) is 87.6 cm³/mol. The SMILES string of the molecule is CCCOc1ccc(C(C)(C)C)cc1C(C)CCCN. The van der Waals surface area contributed by atoms with Gasteiger partial charge in [-0.2, -0.15) is 0 Å². The van der Waals surface area contributed by atoms with Crippen molar-refractivity contribution in [3.05, 3.63) is 29.3 Å². The second-order valence-corrected chi connectivity index (χ2v) is 6.68.